The molecule has 0 aromatic heterocycles. The van der Waals surface area contributed by atoms with E-state index in [1.54, 1.807) is 43.5 Å². The molecule has 8 heteroatoms. The Kier molecular flexibility index (Phi) is 6.08. The van der Waals surface area contributed by atoms with Crippen LogP contribution in [0.25, 0.3) is 0 Å². The molecule has 2 N–H and O–H groups in total. The summed E-state index contributed by atoms with van der Waals surface area (Å²) in [6, 6.07) is 12.0. The number of ether oxygens (including phenoxy) is 1. The van der Waals surface area contributed by atoms with Crippen molar-refractivity contribution in [1.29, 1.82) is 0 Å². The molecule has 28 heavy (non-hydrogen) atoms. The Balaban J connectivity index is 1.73. The summed E-state index contributed by atoms with van der Waals surface area (Å²) in [6.45, 7) is 2.36. The summed E-state index contributed by atoms with van der Waals surface area (Å²) in [6.07, 6.45) is 2.12. The maximum atomic E-state index is 12.5. The molecule has 0 fully saturated rings. The van der Waals surface area contributed by atoms with Crippen LogP contribution in [0.4, 0.5) is 21.9 Å². The highest BCUT2D eigenvalue weighted by molar-refractivity contribution is 7.92. The molecular weight excluding hydrogens is 378 g/mol. The molecule has 1 aliphatic rings. The number of nitrogens with zero attached hydrogens (tertiary/aromatic N) is 1. The fraction of sp³-hybridized carbons (Fsp3) is 0.350. The Labute approximate surface area is 165 Å². The molecule has 150 valence electrons. The van der Waals surface area contributed by atoms with Crippen molar-refractivity contribution in [3.8, 4) is 5.75 Å². The molecule has 0 saturated heterocycles. The maximum absolute atomic E-state index is 12.5. The quantitative estimate of drug-likeness (QED) is 0.767. The van der Waals surface area contributed by atoms with Crippen molar-refractivity contribution in [2.45, 2.75) is 26.2 Å². The first-order valence-corrected chi connectivity index (χ1v) is 10.9. The first-order chi connectivity index (χ1) is 13.4. The molecule has 0 atom stereocenters. The second kappa shape index (κ2) is 8.52. The van der Waals surface area contributed by atoms with E-state index in [2.05, 4.69) is 10.6 Å². The van der Waals surface area contributed by atoms with Crippen molar-refractivity contribution in [3.05, 3.63) is 48.0 Å². The SMILES string of the molecule is CCCS(=O)(=O)N1CCCc2cc(NC(=O)Nc3cccc(OC)c3)ccc21. The van der Waals surface area contributed by atoms with Gasteiger partial charge in [0.1, 0.15) is 5.75 Å². The zero-order chi connectivity index (χ0) is 20.1. The number of sulfonamides is 1. The van der Waals surface area contributed by atoms with Crippen LogP contribution in [0.15, 0.2) is 42.5 Å². The molecule has 0 saturated carbocycles. The Morgan fingerprint density at radius 2 is 1.89 bits per heavy atom. The summed E-state index contributed by atoms with van der Waals surface area (Å²) < 4.78 is 31.6. The average molecular weight is 404 g/mol. The number of fused-ring (bicyclic) bond motifs is 1. The highest BCUT2D eigenvalue weighted by atomic mass is 32.2. The van der Waals surface area contributed by atoms with Gasteiger partial charge in [0.25, 0.3) is 0 Å². The highest BCUT2D eigenvalue weighted by Gasteiger charge is 2.26. The third-order valence-corrected chi connectivity index (χ3v) is 6.51. The van der Waals surface area contributed by atoms with Crippen LogP contribution < -0.4 is 19.7 Å². The largest absolute Gasteiger partial charge is 0.497 e. The number of rotatable bonds is 6. The number of hydrogen-bond donors (Lipinski definition) is 2. The molecule has 3 rings (SSSR count). The molecule has 2 amide bonds. The van der Waals surface area contributed by atoms with Crippen molar-refractivity contribution in [1.82, 2.24) is 0 Å². The fourth-order valence-electron chi connectivity index (χ4n) is 3.29. The van der Waals surface area contributed by atoms with Gasteiger partial charge in [-0.15, -0.1) is 0 Å². The van der Waals surface area contributed by atoms with Gasteiger partial charge in [0.15, 0.2) is 0 Å². The van der Waals surface area contributed by atoms with Gasteiger partial charge in [0, 0.05) is 24.0 Å². The maximum Gasteiger partial charge on any atom is 0.323 e. The minimum Gasteiger partial charge on any atom is -0.497 e. The normalized spacial score (nSPS) is 13.6. The van der Waals surface area contributed by atoms with Crippen LogP contribution in [-0.2, 0) is 16.4 Å². The van der Waals surface area contributed by atoms with Gasteiger partial charge in [-0.1, -0.05) is 13.0 Å². The Bertz CT molecular complexity index is 960. The number of aryl methyl sites for hydroxylation is 1. The topological polar surface area (TPSA) is 87.7 Å². The zero-order valence-corrected chi connectivity index (χ0v) is 16.9. The van der Waals surface area contributed by atoms with Crippen LogP contribution in [0.1, 0.15) is 25.3 Å². The molecule has 1 heterocycles. The van der Waals surface area contributed by atoms with Crippen LogP contribution >= 0.6 is 0 Å². The standard InChI is InChI=1S/C20H25N3O4S/c1-3-12-28(25,26)23-11-5-6-15-13-17(9-10-19(15)23)22-20(24)21-16-7-4-8-18(14-16)27-2/h4,7-10,13-14H,3,5-6,11-12H2,1-2H3,(H2,21,22,24). The van der Waals surface area contributed by atoms with Crippen molar-refractivity contribution in [3.63, 3.8) is 0 Å². The van der Waals surface area contributed by atoms with E-state index < -0.39 is 10.0 Å². The summed E-state index contributed by atoms with van der Waals surface area (Å²) in [5.41, 5.74) is 2.86. The van der Waals surface area contributed by atoms with E-state index in [0.717, 1.165) is 18.4 Å². The number of benzene rings is 2. The molecule has 0 aliphatic carbocycles. The summed E-state index contributed by atoms with van der Waals surface area (Å²) in [5, 5.41) is 5.56. The predicted octanol–water partition coefficient (Wildman–Crippen LogP) is 3.83. The van der Waals surface area contributed by atoms with E-state index in [4.69, 9.17) is 4.74 Å². The van der Waals surface area contributed by atoms with Gasteiger partial charge in [-0.3, -0.25) is 4.31 Å². The van der Waals surface area contributed by atoms with E-state index in [1.807, 2.05) is 13.0 Å². The number of carbonyl (C=O) groups excluding carboxylic acids is 1. The summed E-state index contributed by atoms with van der Waals surface area (Å²) in [5.74, 6) is 0.787. The number of hydrogen-bond acceptors (Lipinski definition) is 4. The Morgan fingerprint density at radius 1 is 1.14 bits per heavy atom. The van der Waals surface area contributed by atoms with Gasteiger partial charge < -0.3 is 15.4 Å². The first kappa shape index (κ1) is 20.0. The van der Waals surface area contributed by atoms with Gasteiger partial charge >= 0.3 is 6.03 Å². The molecule has 0 spiro atoms. The lowest BCUT2D eigenvalue weighted by Crippen LogP contribution is -2.37. The van der Waals surface area contributed by atoms with E-state index in [1.165, 1.54) is 4.31 Å². The Hall–Kier alpha value is -2.74. The van der Waals surface area contributed by atoms with E-state index >= 15 is 0 Å². The monoisotopic (exact) mass is 403 g/mol. The number of methoxy groups -OCH3 is 1. The molecular formula is C20H25N3O4S. The van der Waals surface area contributed by atoms with Crippen LogP contribution in [0.5, 0.6) is 5.75 Å². The van der Waals surface area contributed by atoms with Gasteiger partial charge in [0.05, 0.1) is 18.6 Å². The van der Waals surface area contributed by atoms with Crippen LogP contribution in [0, 0.1) is 0 Å². The van der Waals surface area contributed by atoms with Gasteiger partial charge in [0.2, 0.25) is 10.0 Å². The minimum absolute atomic E-state index is 0.134. The number of amides is 2. The fourth-order valence-corrected chi connectivity index (χ4v) is 4.91. The molecule has 0 bridgehead atoms. The number of carbonyl (C=O) groups is 1. The van der Waals surface area contributed by atoms with E-state index in [9.17, 15) is 13.2 Å². The van der Waals surface area contributed by atoms with Gasteiger partial charge in [-0.2, -0.15) is 0 Å². The zero-order valence-electron chi connectivity index (χ0n) is 16.1. The average Bonchev–Trinajstić information content (AvgIpc) is 2.67. The highest BCUT2D eigenvalue weighted by Crippen LogP contribution is 2.32. The Morgan fingerprint density at radius 3 is 2.61 bits per heavy atom. The lowest BCUT2D eigenvalue weighted by atomic mass is 10.0. The molecule has 0 unspecified atom stereocenters. The van der Waals surface area contributed by atoms with E-state index in [0.29, 0.717) is 35.8 Å². The van der Waals surface area contributed by atoms with Gasteiger partial charge in [-0.05, 0) is 55.2 Å². The van der Waals surface area contributed by atoms with Crippen molar-refractivity contribution >= 4 is 33.1 Å². The predicted molar refractivity (Wildman–Crippen MR) is 112 cm³/mol. The molecule has 0 radical (unpaired) electrons. The summed E-state index contributed by atoms with van der Waals surface area (Å²) >= 11 is 0. The van der Waals surface area contributed by atoms with Crippen molar-refractivity contribution in [2.75, 3.05) is 34.3 Å². The van der Waals surface area contributed by atoms with Crippen molar-refractivity contribution < 1.29 is 17.9 Å². The van der Waals surface area contributed by atoms with Crippen LogP contribution in [0.3, 0.4) is 0 Å². The summed E-state index contributed by atoms with van der Waals surface area (Å²) in [7, 11) is -1.74. The van der Waals surface area contributed by atoms with E-state index in [-0.39, 0.29) is 11.8 Å². The molecule has 2 aromatic rings. The minimum atomic E-state index is -3.31. The van der Waals surface area contributed by atoms with Crippen LogP contribution in [0.2, 0.25) is 0 Å². The smallest absolute Gasteiger partial charge is 0.323 e. The lowest BCUT2D eigenvalue weighted by Gasteiger charge is -2.30. The third kappa shape index (κ3) is 4.56. The number of nitrogens with one attached hydrogen (secondary N) is 2. The second-order valence-corrected chi connectivity index (χ2v) is 8.66. The van der Waals surface area contributed by atoms with Crippen molar-refractivity contribution in [2.24, 2.45) is 0 Å². The number of urea groups is 1. The lowest BCUT2D eigenvalue weighted by molar-refractivity contribution is 0.262. The molecule has 1 aliphatic heterocycles. The van der Waals surface area contributed by atoms with Crippen LogP contribution in [-0.4, -0.2) is 33.9 Å². The molecule has 7 nitrogen and oxygen atoms in total. The second-order valence-electron chi connectivity index (χ2n) is 6.65. The first-order valence-electron chi connectivity index (χ1n) is 9.28. The summed E-state index contributed by atoms with van der Waals surface area (Å²) in [4.78, 5) is 12.3. The molecule has 2 aromatic carbocycles. The third-order valence-electron chi connectivity index (χ3n) is 4.54. The number of anilines is 3. The van der Waals surface area contributed by atoms with Gasteiger partial charge in [-0.25, -0.2) is 13.2 Å².